The number of nitrogens with one attached hydrogen (secondary N) is 1. The van der Waals surface area contributed by atoms with Gasteiger partial charge < -0.3 is 5.32 Å². The van der Waals surface area contributed by atoms with Crippen LogP contribution in [0.3, 0.4) is 0 Å². The summed E-state index contributed by atoms with van der Waals surface area (Å²) < 4.78 is 23.5. The van der Waals surface area contributed by atoms with E-state index in [1.165, 1.54) is 13.0 Å². The zero-order valence-corrected chi connectivity index (χ0v) is 12.0. The van der Waals surface area contributed by atoms with Crippen molar-refractivity contribution in [2.45, 2.75) is 25.5 Å². The second-order valence-corrected chi connectivity index (χ2v) is 6.67. The van der Waals surface area contributed by atoms with Gasteiger partial charge in [-0.1, -0.05) is 25.1 Å². The Hall–Kier alpha value is -1.62. The Kier molecular flexibility index (Phi) is 5.30. The van der Waals surface area contributed by atoms with Crippen LogP contribution in [0.4, 0.5) is 5.69 Å². The Morgan fingerprint density at radius 2 is 1.95 bits per heavy atom. The minimum atomic E-state index is -3.47. The Labute approximate surface area is 114 Å². The maximum absolute atomic E-state index is 11.9. The molecule has 1 rings (SSSR count). The van der Waals surface area contributed by atoms with Crippen molar-refractivity contribution < 1.29 is 13.2 Å². The summed E-state index contributed by atoms with van der Waals surface area (Å²) in [6.45, 7) is 6.80. The lowest BCUT2D eigenvalue weighted by Gasteiger charge is -2.12. The van der Waals surface area contributed by atoms with Gasteiger partial charge in [-0.25, -0.2) is 8.42 Å². The van der Waals surface area contributed by atoms with Crippen molar-refractivity contribution in [3.8, 4) is 0 Å². The molecule has 0 aliphatic heterocycles. The van der Waals surface area contributed by atoms with Gasteiger partial charge in [0.15, 0.2) is 9.84 Å². The topological polar surface area (TPSA) is 63.2 Å². The number of carbonyl (C=O) groups excluding carboxylic acids is 1. The Bertz CT molecular complexity index is 547. The molecule has 0 bridgehead atoms. The summed E-state index contributed by atoms with van der Waals surface area (Å²) in [6.07, 6.45) is 2.20. The standard InChI is InChI=1S/C14H19NO3S/c1-4-10-19(17,18)11(3)14(16)15-13-8-6-12(5-2)7-9-13/h4,6-9,11H,1,5,10H2,2-3H3,(H,15,16). The first-order valence-electron chi connectivity index (χ1n) is 6.13. The summed E-state index contributed by atoms with van der Waals surface area (Å²) in [5.74, 6) is -0.720. The van der Waals surface area contributed by atoms with E-state index in [0.29, 0.717) is 5.69 Å². The summed E-state index contributed by atoms with van der Waals surface area (Å²) in [6, 6.07) is 7.34. The highest BCUT2D eigenvalue weighted by atomic mass is 32.2. The van der Waals surface area contributed by atoms with Crippen LogP contribution in [0.2, 0.25) is 0 Å². The lowest BCUT2D eigenvalue weighted by atomic mass is 10.1. The Morgan fingerprint density at radius 3 is 2.42 bits per heavy atom. The maximum Gasteiger partial charge on any atom is 0.242 e. The number of aryl methyl sites for hydroxylation is 1. The van der Waals surface area contributed by atoms with E-state index in [4.69, 9.17) is 0 Å². The summed E-state index contributed by atoms with van der Waals surface area (Å²) in [5, 5.41) is 1.52. The molecule has 0 fully saturated rings. The zero-order chi connectivity index (χ0) is 14.5. The molecular formula is C14H19NO3S. The lowest BCUT2D eigenvalue weighted by molar-refractivity contribution is -0.115. The van der Waals surface area contributed by atoms with E-state index in [-0.39, 0.29) is 5.75 Å². The van der Waals surface area contributed by atoms with Gasteiger partial charge in [0.05, 0.1) is 5.75 Å². The van der Waals surface area contributed by atoms with Crippen molar-refractivity contribution in [3.63, 3.8) is 0 Å². The van der Waals surface area contributed by atoms with Crippen LogP contribution >= 0.6 is 0 Å². The van der Waals surface area contributed by atoms with E-state index in [1.807, 2.05) is 19.1 Å². The van der Waals surface area contributed by atoms with Gasteiger partial charge in [-0.05, 0) is 31.0 Å². The molecule has 0 spiro atoms. The third-order valence-electron chi connectivity index (χ3n) is 2.89. The minimum Gasteiger partial charge on any atom is -0.325 e. The third-order valence-corrected chi connectivity index (χ3v) is 4.88. The van der Waals surface area contributed by atoms with Gasteiger partial charge in [0.2, 0.25) is 5.91 Å². The van der Waals surface area contributed by atoms with Crippen LogP contribution in [-0.2, 0) is 21.1 Å². The molecule has 1 atom stereocenters. The summed E-state index contributed by atoms with van der Waals surface area (Å²) in [5.41, 5.74) is 1.76. The van der Waals surface area contributed by atoms with Gasteiger partial charge in [0.1, 0.15) is 5.25 Å². The largest absolute Gasteiger partial charge is 0.325 e. The van der Waals surface area contributed by atoms with Crippen LogP contribution in [0.1, 0.15) is 19.4 Å². The average molecular weight is 281 g/mol. The molecule has 104 valence electrons. The predicted molar refractivity (Wildman–Crippen MR) is 77.9 cm³/mol. The van der Waals surface area contributed by atoms with Crippen molar-refractivity contribution in [2.24, 2.45) is 0 Å². The summed E-state index contributed by atoms with van der Waals surface area (Å²) in [7, 11) is -3.47. The smallest absolute Gasteiger partial charge is 0.242 e. The third kappa shape index (κ3) is 4.21. The van der Waals surface area contributed by atoms with Crippen molar-refractivity contribution in [1.29, 1.82) is 0 Å². The van der Waals surface area contributed by atoms with Crippen molar-refractivity contribution in [3.05, 3.63) is 42.5 Å². The molecule has 19 heavy (non-hydrogen) atoms. The molecule has 0 radical (unpaired) electrons. The highest BCUT2D eigenvalue weighted by Crippen LogP contribution is 2.12. The molecule has 5 heteroatoms. The van der Waals surface area contributed by atoms with Crippen molar-refractivity contribution in [2.75, 3.05) is 11.1 Å². The SMILES string of the molecule is C=CCS(=O)(=O)C(C)C(=O)Nc1ccc(CC)cc1. The fourth-order valence-electron chi connectivity index (χ4n) is 1.54. The Morgan fingerprint density at radius 1 is 1.37 bits per heavy atom. The number of carbonyl (C=O) groups is 1. The second-order valence-electron chi connectivity index (χ2n) is 4.30. The van der Waals surface area contributed by atoms with E-state index < -0.39 is 21.0 Å². The second kappa shape index (κ2) is 6.52. The monoisotopic (exact) mass is 281 g/mol. The average Bonchev–Trinajstić information content (AvgIpc) is 2.38. The number of sulfone groups is 1. The molecule has 0 saturated carbocycles. The molecule has 0 aliphatic carbocycles. The molecule has 1 N–H and O–H groups in total. The molecule has 1 aromatic carbocycles. The first kappa shape index (κ1) is 15.4. The quantitative estimate of drug-likeness (QED) is 0.813. The van der Waals surface area contributed by atoms with Crippen LogP contribution < -0.4 is 5.32 Å². The van der Waals surface area contributed by atoms with E-state index >= 15 is 0 Å². The fourth-order valence-corrected chi connectivity index (χ4v) is 2.54. The number of rotatable bonds is 6. The van der Waals surface area contributed by atoms with Crippen LogP contribution in [0, 0.1) is 0 Å². The highest BCUT2D eigenvalue weighted by Gasteiger charge is 2.26. The van der Waals surface area contributed by atoms with Gasteiger partial charge in [-0.3, -0.25) is 4.79 Å². The minimum absolute atomic E-state index is 0.198. The van der Waals surface area contributed by atoms with Gasteiger partial charge >= 0.3 is 0 Å². The highest BCUT2D eigenvalue weighted by molar-refractivity contribution is 7.92. The van der Waals surface area contributed by atoms with E-state index in [1.54, 1.807) is 12.1 Å². The number of hydrogen-bond donors (Lipinski definition) is 1. The normalized spacial score (nSPS) is 12.7. The summed E-state index contributed by atoms with van der Waals surface area (Å²) in [4.78, 5) is 11.9. The predicted octanol–water partition coefficient (Wildman–Crippen LogP) is 2.18. The van der Waals surface area contributed by atoms with Crippen molar-refractivity contribution in [1.82, 2.24) is 0 Å². The lowest BCUT2D eigenvalue weighted by Crippen LogP contribution is -2.33. The molecule has 0 saturated heterocycles. The van der Waals surface area contributed by atoms with Gasteiger partial charge in [-0.15, -0.1) is 6.58 Å². The molecule has 1 aromatic rings. The van der Waals surface area contributed by atoms with Gasteiger partial charge in [0, 0.05) is 5.69 Å². The number of anilines is 1. The van der Waals surface area contributed by atoms with E-state index in [0.717, 1.165) is 12.0 Å². The molecular weight excluding hydrogens is 262 g/mol. The summed E-state index contributed by atoms with van der Waals surface area (Å²) >= 11 is 0. The molecule has 4 nitrogen and oxygen atoms in total. The molecule has 0 aromatic heterocycles. The Balaban J connectivity index is 2.76. The molecule has 0 aliphatic rings. The van der Waals surface area contributed by atoms with Crippen LogP contribution in [0.25, 0.3) is 0 Å². The van der Waals surface area contributed by atoms with E-state index in [2.05, 4.69) is 11.9 Å². The van der Waals surface area contributed by atoms with Crippen LogP contribution in [0.5, 0.6) is 0 Å². The van der Waals surface area contributed by atoms with Crippen molar-refractivity contribution >= 4 is 21.4 Å². The van der Waals surface area contributed by atoms with Crippen LogP contribution in [-0.4, -0.2) is 25.3 Å². The maximum atomic E-state index is 11.9. The first-order chi connectivity index (χ1) is 8.90. The first-order valence-corrected chi connectivity index (χ1v) is 7.84. The number of hydrogen-bond acceptors (Lipinski definition) is 3. The number of benzene rings is 1. The van der Waals surface area contributed by atoms with E-state index in [9.17, 15) is 13.2 Å². The molecule has 1 amide bonds. The zero-order valence-electron chi connectivity index (χ0n) is 11.2. The van der Waals surface area contributed by atoms with Gasteiger partial charge in [0.25, 0.3) is 0 Å². The van der Waals surface area contributed by atoms with Crippen LogP contribution in [0.15, 0.2) is 36.9 Å². The number of amides is 1. The molecule has 0 heterocycles. The molecule has 1 unspecified atom stereocenters. The van der Waals surface area contributed by atoms with Gasteiger partial charge in [-0.2, -0.15) is 0 Å². The fraction of sp³-hybridized carbons (Fsp3) is 0.357.